The molecule has 126 valence electrons. The first kappa shape index (κ1) is 20.9. The molecule has 0 saturated heterocycles. The van der Waals surface area contributed by atoms with Crippen molar-refractivity contribution in [3.63, 3.8) is 0 Å². The summed E-state index contributed by atoms with van der Waals surface area (Å²) < 4.78 is 4.49. The number of methoxy groups -OCH3 is 1. The first-order chi connectivity index (χ1) is 11.3. The highest BCUT2D eigenvalue weighted by atomic mass is 16.5. The van der Waals surface area contributed by atoms with E-state index in [1.165, 1.54) is 13.2 Å². The van der Waals surface area contributed by atoms with Gasteiger partial charge in [-0.1, -0.05) is 73.8 Å². The summed E-state index contributed by atoms with van der Waals surface area (Å²) in [7, 11) is 1.37. The van der Waals surface area contributed by atoms with Crippen LogP contribution in [0.4, 0.5) is 0 Å². The molecule has 0 aliphatic heterocycles. The van der Waals surface area contributed by atoms with E-state index in [9.17, 15) is 4.79 Å². The molecule has 0 aliphatic carbocycles. The van der Waals surface area contributed by atoms with Gasteiger partial charge in [-0.15, -0.1) is 0 Å². The zero-order chi connectivity index (χ0) is 17.0. The summed E-state index contributed by atoms with van der Waals surface area (Å²) in [6, 6.07) is 0. The fourth-order valence-electron chi connectivity index (χ4n) is 1.67. The average molecular weight is 314 g/mol. The first-order valence-corrected chi connectivity index (χ1v) is 8.32. The predicted octanol–water partition coefficient (Wildman–Crippen LogP) is 5.86. The minimum atomic E-state index is -0.325. The summed E-state index contributed by atoms with van der Waals surface area (Å²) in [5, 5.41) is 0. The molecule has 0 spiro atoms. The van der Waals surface area contributed by atoms with Crippen molar-refractivity contribution < 1.29 is 9.53 Å². The summed E-state index contributed by atoms with van der Waals surface area (Å²) in [4.78, 5) is 10.8. The van der Waals surface area contributed by atoms with Gasteiger partial charge in [0.25, 0.3) is 0 Å². The van der Waals surface area contributed by atoms with Crippen LogP contribution in [0.15, 0.2) is 72.9 Å². The van der Waals surface area contributed by atoms with Crippen molar-refractivity contribution in [2.45, 2.75) is 45.4 Å². The van der Waals surface area contributed by atoms with Gasteiger partial charge in [0.2, 0.25) is 0 Å². The number of ether oxygens (including phenoxy) is 1. The van der Waals surface area contributed by atoms with Crippen LogP contribution < -0.4 is 0 Å². The molecule has 0 aromatic rings. The van der Waals surface area contributed by atoms with Gasteiger partial charge < -0.3 is 4.74 Å². The number of unbranched alkanes of at least 4 members (excludes halogenated alkanes) is 1. The normalized spacial score (nSPS) is 13.0. The molecule has 0 fully saturated rings. The van der Waals surface area contributed by atoms with Gasteiger partial charge in [-0.2, -0.15) is 0 Å². The Morgan fingerprint density at radius 2 is 1.26 bits per heavy atom. The highest BCUT2D eigenvalue weighted by Crippen LogP contribution is 1.97. The molecule has 0 saturated carbocycles. The van der Waals surface area contributed by atoms with Crippen LogP contribution in [0.2, 0.25) is 0 Å². The molecule has 2 heteroatoms. The van der Waals surface area contributed by atoms with Gasteiger partial charge in [0.1, 0.15) is 0 Å². The Morgan fingerprint density at radius 3 is 1.83 bits per heavy atom. The maximum atomic E-state index is 10.8. The third-order valence-electron chi connectivity index (χ3n) is 2.90. The van der Waals surface area contributed by atoms with Crippen molar-refractivity contribution in [1.29, 1.82) is 0 Å². The Balaban J connectivity index is 3.55. The summed E-state index contributed by atoms with van der Waals surface area (Å²) in [5.41, 5.74) is 0. The first-order valence-electron chi connectivity index (χ1n) is 8.32. The number of esters is 1. The lowest BCUT2D eigenvalue weighted by molar-refractivity contribution is -0.134. The van der Waals surface area contributed by atoms with Crippen LogP contribution in [-0.2, 0) is 9.53 Å². The second-order valence-electron chi connectivity index (χ2n) is 4.89. The fourth-order valence-corrected chi connectivity index (χ4v) is 1.67. The molecule has 0 N–H and O–H groups in total. The van der Waals surface area contributed by atoms with Crippen molar-refractivity contribution in [1.82, 2.24) is 0 Å². The average Bonchev–Trinajstić information content (AvgIpc) is 2.57. The quantitative estimate of drug-likeness (QED) is 0.148. The van der Waals surface area contributed by atoms with E-state index in [0.29, 0.717) is 0 Å². The molecule has 23 heavy (non-hydrogen) atoms. The Bertz CT molecular complexity index is 448. The molecule has 0 aromatic carbocycles. The lowest BCUT2D eigenvalue weighted by atomic mass is 10.2. The molecule has 0 rings (SSSR count). The summed E-state index contributed by atoms with van der Waals surface area (Å²) in [6.07, 6.45) is 30.7. The van der Waals surface area contributed by atoms with E-state index in [4.69, 9.17) is 0 Å². The standard InChI is InChI=1S/C21H30O2/c1-3-4-5-6-7-8-9-10-11-12-13-14-15-16-17-18-19-20-21(22)23-2/h4-5,7-8,10-11,13-14,17-20H,3,6,9,12,15-16H2,1-2H3/b5-4-,8-7-,11-10-,14-13-,18-17+,20-19+. The van der Waals surface area contributed by atoms with E-state index in [2.05, 4.69) is 60.3 Å². The van der Waals surface area contributed by atoms with Crippen molar-refractivity contribution in [3.8, 4) is 0 Å². The zero-order valence-corrected chi connectivity index (χ0v) is 14.5. The third kappa shape index (κ3) is 17.9. The molecular weight excluding hydrogens is 284 g/mol. The molecule has 0 heterocycles. The number of hydrogen-bond donors (Lipinski definition) is 0. The molecule has 0 amide bonds. The van der Waals surface area contributed by atoms with Gasteiger partial charge in [-0.25, -0.2) is 4.79 Å². The van der Waals surface area contributed by atoms with E-state index < -0.39 is 0 Å². The Labute approximate surface area is 141 Å². The van der Waals surface area contributed by atoms with Crippen LogP contribution in [0.1, 0.15) is 45.4 Å². The summed E-state index contributed by atoms with van der Waals surface area (Å²) in [6.45, 7) is 2.15. The lowest BCUT2D eigenvalue weighted by Gasteiger charge is -1.88. The topological polar surface area (TPSA) is 26.3 Å². The van der Waals surface area contributed by atoms with Crippen molar-refractivity contribution in [2.75, 3.05) is 7.11 Å². The van der Waals surface area contributed by atoms with Crippen molar-refractivity contribution in [2.24, 2.45) is 0 Å². The predicted molar refractivity (Wildman–Crippen MR) is 100 cm³/mol. The minimum Gasteiger partial charge on any atom is -0.466 e. The van der Waals surface area contributed by atoms with Gasteiger partial charge in [0, 0.05) is 6.08 Å². The van der Waals surface area contributed by atoms with Crippen LogP contribution in [0, 0.1) is 0 Å². The number of carbonyl (C=O) groups excluding carboxylic acids is 1. The molecule has 0 aliphatic rings. The maximum Gasteiger partial charge on any atom is 0.330 e. The SMILES string of the molecule is CC/C=C\C/C=C\C/C=C\C/C=C\CC/C=C/C=C/C(=O)OC. The van der Waals surface area contributed by atoms with Gasteiger partial charge in [-0.3, -0.25) is 0 Å². The Hall–Kier alpha value is -2.09. The van der Waals surface area contributed by atoms with Crippen molar-refractivity contribution in [3.05, 3.63) is 72.9 Å². The maximum absolute atomic E-state index is 10.8. The fraction of sp³-hybridized carbons (Fsp3) is 0.381. The van der Waals surface area contributed by atoms with Crippen LogP contribution in [0.5, 0.6) is 0 Å². The Morgan fingerprint density at radius 1 is 0.739 bits per heavy atom. The van der Waals surface area contributed by atoms with Crippen molar-refractivity contribution >= 4 is 5.97 Å². The van der Waals surface area contributed by atoms with E-state index in [0.717, 1.165) is 38.5 Å². The molecule has 0 radical (unpaired) electrons. The van der Waals surface area contributed by atoms with E-state index in [-0.39, 0.29) is 5.97 Å². The lowest BCUT2D eigenvalue weighted by Crippen LogP contribution is -1.92. The van der Waals surface area contributed by atoms with Gasteiger partial charge in [-0.05, 0) is 38.5 Å². The van der Waals surface area contributed by atoms with Crippen LogP contribution in [0.3, 0.4) is 0 Å². The highest BCUT2D eigenvalue weighted by molar-refractivity contribution is 5.82. The van der Waals surface area contributed by atoms with Gasteiger partial charge >= 0.3 is 5.97 Å². The second-order valence-corrected chi connectivity index (χ2v) is 4.89. The minimum absolute atomic E-state index is 0.325. The van der Waals surface area contributed by atoms with Crippen LogP contribution >= 0.6 is 0 Å². The number of hydrogen-bond acceptors (Lipinski definition) is 2. The van der Waals surface area contributed by atoms with E-state index >= 15 is 0 Å². The smallest absolute Gasteiger partial charge is 0.330 e. The number of carbonyl (C=O) groups is 1. The van der Waals surface area contributed by atoms with Gasteiger partial charge in [0.05, 0.1) is 7.11 Å². The summed E-state index contributed by atoms with van der Waals surface area (Å²) in [5.74, 6) is -0.325. The van der Waals surface area contributed by atoms with Crippen LogP contribution in [0.25, 0.3) is 0 Å². The molecule has 2 nitrogen and oxygen atoms in total. The molecule has 0 atom stereocenters. The zero-order valence-electron chi connectivity index (χ0n) is 14.5. The Kier molecular flexibility index (Phi) is 16.3. The molecular formula is C21H30O2. The highest BCUT2D eigenvalue weighted by Gasteiger charge is 1.86. The van der Waals surface area contributed by atoms with Crippen LogP contribution in [-0.4, -0.2) is 13.1 Å². The van der Waals surface area contributed by atoms with E-state index in [1.807, 2.05) is 12.2 Å². The van der Waals surface area contributed by atoms with Gasteiger partial charge in [0.15, 0.2) is 0 Å². The second kappa shape index (κ2) is 18.0. The number of allylic oxidation sites excluding steroid dienone is 11. The third-order valence-corrected chi connectivity index (χ3v) is 2.90. The largest absolute Gasteiger partial charge is 0.466 e. The molecule has 0 bridgehead atoms. The monoisotopic (exact) mass is 314 g/mol. The molecule has 0 unspecified atom stereocenters. The number of rotatable bonds is 12. The molecule has 0 aromatic heterocycles. The summed E-state index contributed by atoms with van der Waals surface area (Å²) >= 11 is 0. The van der Waals surface area contributed by atoms with E-state index in [1.54, 1.807) is 6.08 Å².